The van der Waals surface area contributed by atoms with E-state index in [-0.39, 0.29) is 121 Å². The van der Waals surface area contributed by atoms with Crippen LogP contribution in [0.5, 0.6) is 0 Å². The number of carboxylic acid groups (broad SMARTS) is 4. The van der Waals surface area contributed by atoms with Gasteiger partial charge in [-0.25, -0.2) is 0 Å². The zero-order chi connectivity index (χ0) is 51.4. The lowest BCUT2D eigenvalue weighted by Crippen LogP contribution is -3.11. The van der Waals surface area contributed by atoms with Crippen molar-refractivity contribution in [3.05, 3.63) is 70.8 Å². The molecule has 0 bridgehead atoms. The fraction of sp³-hybridized carbons (Fsp3) is 0.742. The molecule has 0 aromatic heterocycles. The molecule has 12 aliphatic carbocycles. The molecule has 4 heterocycles. The van der Waals surface area contributed by atoms with E-state index in [0.29, 0.717) is 60.4 Å². The van der Waals surface area contributed by atoms with Crippen molar-refractivity contribution in [2.45, 2.75) is 64.5 Å². The Morgan fingerprint density at radius 3 is 1.06 bits per heavy atom. The van der Waals surface area contributed by atoms with Crippen molar-refractivity contribution in [1.82, 2.24) is 31.1 Å². The molecule has 4 aliphatic heterocycles. The Hall–Kier alpha value is -2.18. The van der Waals surface area contributed by atoms with Crippen LogP contribution in [0.3, 0.4) is 0 Å². The lowest BCUT2D eigenvalue weighted by Gasteiger charge is -3.13. The molecule has 0 spiro atoms. The zero-order valence-electron chi connectivity index (χ0n) is 46.5. The van der Waals surface area contributed by atoms with Crippen LogP contribution in [0, 0.1) is 140 Å². The average Bonchev–Trinajstić information content (AvgIpc) is 1.02. The van der Waals surface area contributed by atoms with Crippen molar-refractivity contribution >= 4 is 98.3 Å². The van der Waals surface area contributed by atoms with Crippen LogP contribution in [0.15, 0.2) is 48.5 Å². The zero-order valence-corrected chi connectivity index (χ0v) is 51.4. The molecule has 18 rings (SSSR count). The Balaban J connectivity index is 0.00000125. The summed E-state index contributed by atoms with van der Waals surface area (Å²) in [4.78, 5) is 56.9. The summed E-state index contributed by atoms with van der Waals surface area (Å²) in [5, 5.41) is 55.9. The molecule has 14 nitrogen and oxygen atoms in total. The number of hydrogen-bond donors (Lipinski definition) is 8. The van der Waals surface area contributed by atoms with Gasteiger partial charge in [-0.3, -0.25) is 24.1 Å². The standard InChI is InChI=1S/C62H80N6O8.6ClH/c69-55(70)39(35-7-11-63-23-35)19-31-3-1-5-33(17-31)27-67(28-34-6-2-4-32(18-34)20-40(56(71)72)36-8-12-64-24-36)15-16-68(29-61-49-43-47-44(49)52(61)59(47,51(43)61)21-41(57(73)74)37-9-13-65-25-37)30-62-50-45-48-46(50)54(62)60(48,53(45)62)22-42(58(75)76)38-10-14-66-26-38;;;;;;/h1-6,17-18,35-54,63-66H,7-16,19-30H2,(H,69,70)(H,71,72)(H,73,74)(H,75,76);6*1H/t35-,36-,37-,38-,39-,40-,41-,42-,43?,44?,45?,46?,47?,48?,49?,50?,51?,52?,53?,54?,59?,60?,61?,62?;;;;;;/m0....../s1. The van der Waals surface area contributed by atoms with Crippen LogP contribution in [0.2, 0.25) is 0 Å². The maximum Gasteiger partial charge on any atom is 0.307 e. The molecule has 2 aromatic carbocycles. The molecule has 2 aromatic rings. The highest BCUT2D eigenvalue weighted by Gasteiger charge is 3.10. The number of rotatable bonds is 27. The maximum atomic E-state index is 13.0. The molecule has 12 saturated carbocycles. The van der Waals surface area contributed by atoms with Gasteiger partial charge < -0.3 is 46.6 Å². The van der Waals surface area contributed by atoms with Crippen LogP contribution in [-0.2, 0) is 45.1 Å². The second-order valence-electron chi connectivity index (χ2n) is 28.4. The summed E-state index contributed by atoms with van der Waals surface area (Å²) in [5.74, 6) is 5.78. The predicted molar refractivity (Wildman–Crippen MR) is 324 cm³/mol. The number of nitrogens with zero attached hydrogens (tertiary/aromatic N) is 2. The van der Waals surface area contributed by atoms with Gasteiger partial charge >= 0.3 is 23.9 Å². The summed E-state index contributed by atoms with van der Waals surface area (Å²) in [7, 11) is 0. The molecular weight excluding hydrogens is 1170 g/mol. The molecule has 16 fully saturated rings. The van der Waals surface area contributed by atoms with E-state index in [2.05, 4.69) is 79.6 Å². The monoisotopic (exact) mass is 1250 g/mol. The lowest BCUT2D eigenvalue weighted by molar-refractivity contribution is -0.669. The first kappa shape index (κ1) is 62.9. The highest BCUT2D eigenvalue weighted by Crippen LogP contribution is 3.12. The quantitative estimate of drug-likeness (QED) is 0.0450. The Kier molecular flexibility index (Phi) is 17.2. The van der Waals surface area contributed by atoms with Gasteiger partial charge in [0.2, 0.25) is 0 Å². The minimum atomic E-state index is -0.723. The second kappa shape index (κ2) is 22.4. The topological polar surface area (TPSA) is 204 Å². The Labute approximate surface area is 519 Å². The summed E-state index contributed by atoms with van der Waals surface area (Å²) in [6.07, 6.45) is 6.47. The highest BCUT2D eigenvalue weighted by molar-refractivity contribution is 5.86. The minimum Gasteiger partial charge on any atom is -0.481 e. The van der Waals surface area contributed by atoms with Gasteiger partial charge in [-0.1, -0.05) is 48.5 Å². The van der Waals surface area contributed by atoms with E-state index in [0.717, 1.165) is 176 Å². The molecule has 8 unspecified atom stereocenters. The third-order valence-electron chi connectivity index (χ3n) is 26.5. The number of carbonyl (C=O) groups is 4. The van der Waals surface area contributed by atoms with Crippen LogP contribution in [0.1, 0.15) is 60.8 Å². The van der Waals surface area contributed by atoms with Gasteiger partial charge in [0, 0.05) is 39.3 Å². The summed E-state index contributed by atoms with van der Waals surface area (Å²) >= 11 is 0. The molecule has 8 N–H and O–H groups in total. The molecule has 454 valence electrons. The smallest absolute Gasteiger partial charge is 0.307 e. The Morgan fingerprint density at radius 1 is 0.439 bits per heavy atom. The van der Waals surface area contributed by atoms with Crippen LogP contribution >= 0.6 is 74.4 Å². The van der Waals surface area contributed by atoms with Crippen LogP contribution in [0.4, 0.5) is 0 Å². The maximum absolute atomic E-state index is 13.0. The Morgan fingerprint density at radius 2 is 0.744 bits per heavy atom. The largest absolute Gasteiger partial charge is 0.481 e. The lowest BCUT2D eigenvalue weighted by atomic mass is 8.91. The van der Waals surface area contributed by atoms with E-state index >= 15 is 0 Å². The van der Waals surface area contributed by atoms with Gasteiger partial charge in [-0.2, -0.15) is 0 Å². The third-order valence-corrected chi connectivity index (χ3v) is 26.5. The molecule has 4 saturated heterocycles. The fourth-order valence-electron chi connectivity index (χ4n) is 24.6. The second-order valence-corrected chi connectivity index (χ2v) is 28.4. The molecule has 0 amide bonds. The van der Waals surface area contributed by atoms with Gasteiger partial charge in [-0.05, 0) is 242 Å². The average molecular weight is 1260 g/mol. The van der Waals surface area contributed by atoms with Crippen LogP contribution in [0.25, 0.3) is 0 Å². The molecule has 20 heteroatoms. The number of carboxylic acids is 4. The van der Waals surface area contributed by atoms with E-state index in [4.69, 9.17) is 0 Å². The molecule has 16 atom stereocenters. The summed E-state index contributed by atoms with van der Waals surface area (Å²) in [6, 6.07) is 17.3. The summed E-state index contributed by atoms with van der Waals surface area (Å²) in [5.41, 5.74) is 5.61. The van der Waals surface area contributed by atoms with Crippen LogP contribution in [-0.4, -0.2) is 133 Å². The number of benzene rings is 2. The van der Waals surface area contributed by atoms with E-state index in [9.17, 15) is 39.6 Å². The predicted octanol–water partition coefficient (Wildman–Crippen LogP) is 7.10. The van der Waals surface area contributed by atoms with Crippen molar-refractivity contribution in [1.29, 1.82) is 0 Å². The van der Waals surface area contributed by atoms with Gasteiger partial charge in [0.15, 0.2) is 0 Å². The summed E-state index contributed by atoms with van der Waals surface area (Å²) < 4.78 is 0. The van der Waals surface area contributed by atoms with Crippen LogP contribution < -0.4 is 21.3 Å². The van der Waals surface area contributed by atoms with Gasteiger partial charge in [0.05, 0.1) is 23.7 Å². The van der Waals surface area contributed by atoms with Gasteiger partial charge in [0.25, 0.3) is 0 Å². The molecule has 16 aliphatic rings. The number of hydrogen-bond acceptors (Lipinski definition) is 10. The van der Waals surface area contributed by atoms with E-state index < -0.39 is 35.7 Å². The molecule has 82 heavy (non-hydrogen) atoms. The third kappa shape index (κ3) is 8.05. The van der Waals surface area contributed by atoms with Gasteiger partial charge in [-0.15, -0.1) is 74.4 Å². The highest BCUT2D eigenvalue weighted by atomic mass is 35.5. The number of aliphatic carboxylic acids is 4. The van der Waals surface area contributed by atoms with Gasteiger partial charge in [0.1, 0.15) is 0 Å². The summed E-state index contributed by atoms with van der Waals surface area (Å²) in [6.45, 7) is 12.1. The van der Waals surface area contributed by atoms with E-state index in [1.807, 2.05) is 0 Å². The number of halogens is 6. The fourth-order valence-corrected chi connectivity index (χ4v) is 24.6. The van der Waals surface area contributed by atoms with Crippen molar-refractivity contribution < 1.29 is 39.6 Å². The Bertz CT molecular complexity index is 2560. The molecular formula is C62H86Cl6N6O8. The van der Waals surface area contributed by atoms with Crippen molar-refractivity contribution in [2.24, 2.45) is 140 Å². The van der Waals surface area contributed by atoms with Crippen molar-refractivity contribution in [3.63, 3.8) is 0 Å². The van der Waals surface area contributed by atoms with E-state index in [1.54, 1.807) is 0 Å². The van der Waals surface area contributed by atoms with Crippen molar-refractivity contribution in [2.75, 3.05) is 78.5 Å². The first-order valence-corrected chi connectivity index (χ1v) is 30.3. The normalized spacial score (nSPS) is 42.6. The first-order chi connectivity index (χ1) is 36.9. The first-order valence-electron chi connectivity index (χ1n) is 30.3. The van der Waals surface area contributed by atoms with E-state index in [1.165, 1.54) is 11.1 Å². The van der Waals surface area contributed by atoms with Crippen molar-refractivity contribution in [3.8, 4) is 0 Å². The minimum absolute atomic E-state index is 0. The number of nitrogens with one attached hydrogen (secondary N) is 4. The SMILES string of the molecule is Cl.Cl.Cl.Cl.Cl.Cl.O=C(O)[C@@H](Cc1cccc(CN(CCN(CC23C4C5C6C4C2C6(C[C@H](C(=O)O)[C@H]2CCNC2)C53)CC23C4C5C6C4C2C6(C[C@H](C(=O)O)[C@H]2CCNC2)C53)Cc2cccc(C[C@H](C(=O)O)[C@H]3CCNC3)c2)c1)[C@H]1CCNC1. The molecule has 0 radical (unpaired) electrons.